The predicted molar refractivity (Wildman–Crippen MR) is 59.5 cm³/mol. The topological polar surface area (TPSA) is 32.7 Å². The van der Waals surface area contributed by atoms with Crippen molar-refractivity contribution < 1.29 is 9.18 Å². The summed E-state index contributed by atoms with van der Waals surface area (Å²) in [5.74, 6) is -0.479. The van der Waals surface area contributed by atoms with Gasteiger partial charge in [0.05, 0.1) is 11.6 Å². The van der Waals surface area contributed by atoms with Gasteiger partial charge in [0.25, 0.3) is 5.91 Å². The molecule has 0 radical (unpaired) electrons. The normalized spacial score (nSPS) is 20.2. The van der Waals surface area contributed by atoms with Gasteiger partial charge in [-0.15, -0.1) is 0 Å². The molecule has 1 aliphatic rings. The highest BCUT2D eigenvalue weighted by atomic mass is 19.1. The average Bonchev–Trinajstić information content (AvgIpc) is 2.56. The molecule has 1 amide bonds. The van der Waals surface area contributed by atoms with Crippen molar-refractivity contribution in [3.8, 4) is 0 Å². The summed E-state index contributed by atoms with van der Waals surface area (Å²) in [6.45, 7) is 1.95. The summed E-state index contributed by atoms with van der Waals surface area (Å²) in [6.07, 6.45) is 0.708. The fraction of sp³-hybridized carbons (Fsp3) is 0.333. The van der Waals surface area contributed by atoms with Gasteiger partial charge in [-0.25, -0.2) is 9.40 Å². The van der Waals surface area contributed by atoms with Crippen LogP contribution >= 0.6 is 0 Å². The molecule has 1 atom stereocenters. The molecule has 84 valence electrons. The van der Waals surface area contributed by atoms with Gasteiger partial charge in [0.1, 0.15) is 5.82 Å². The molecule has 0 saturated carbocycles. The van der Waals surface area contributed by atoms with Gasteiger partial charge in [-0.3, -0.25) is 4.79 Å². The Labute approximate surface area is 93.6 Å². The van der Waals surface area contributed by atoms with E-state index in [1.807, 2.05) is 6.92 Å². The van der Waals surface area contributed by atoms with Crippen molar-refractivity contribution in [2.75, 3.05) is 7.05 Å². The standard InChI is InChI=1S/C12H13FN2O/c1-3-10-11(14-15(2)12(10)16)8-4-6-9(13)7-5-8/h4-7,10H,3H2,1-2H3. The van der Waals surface area contributed by atoms with Crippen molar-refractivity contribution in [1.82, 2.24) is 5.01 Å². The SMILES string of the molecule is CCC1C(=O)N(C)N=C1c1ccc(F)cc1. The third-order valence-electron chi connectivity index (χ3n) is 2.75. The molecular weight excluding hydrogens is 207 g/mol. The van der Waals surface area contributed by atoms with Gasteiger partial charge in [-0.1, -0.05) is 19.1 Å². The Morgan fingerprint density at radius 3 is 2.56 bits per heavy atom. The predicted octanol–water partition coefficient (Wildman–Crippen LogP) is 2.03. The fourth-order valence-corrected chi connectivity index (χ4v) is 1.87. The van der Waals surface area contributed by atoms with E-state index in [4.69, 9.17) is 0 Å². The van der Waals surface area contributed by atoms with Crippen LogP contribution in [0.25, 0.3) is 0 Å². The van der Waals surface area contributed by atoms with Gasteiger partial charge in [0.2, 0.25) is 0 Å². The second-order valence-corrected chi connectivity index (χ2v) is 3.81. The molecule has 1 heterocycles. The van der Waals surface area contributed by atoms with Crippen molar-refractivity contribution in [2.45, 2.75) is 13.3 Å². The molecule has 1 unspecified atom stereocenters. The monoisotopic (exact) mass is 220 g/mol. The van der Waals surface area contributed by atoms with Gasteiger partial charge < -0.3 is 0 Å². The Morgan fingerprint density at radius 2 is 2.00 bits per heavy atom. The summed E-state index contributed by atoms with van der Waals surface area (Å²) in [4.78, 5) is 11.7. The minimum atomic E-state index is -0.282. The molecule has 0 fully saturated rings. The molecule has 2 rings (SSSR count). The second-order valence-electron chi connectivity index (χ2n) is 3.81. The Kier molecular flexibility index (Phi) is 2.73. The quantitative estimate of drug-likeness (QED) is 0.750. The number of rotatable bonds is 2. The lowest BCUT2D eigenvalue weighted by Gasteiger charge is -2.08. The van der Waals surface area contributed by atoms with E-state index >= 15 is 0 Å². The van der Waals surface area contributed by atoms with Crippen LogP contribution < -0.4 is 0 Å². The van der Waals surface area contributed by atoms with Crippen LogP contribution in [0, 0.1) is 11.7 Å². The molecule has 0 bridgehead atoms. The molecule has 1 aromatic rings. The highest BCUT2D eigenvalue weighted by molar-refractivity contribution is 6.15. The third-order valence-corrected chi connectivity index (χ3v) is 2.75. The Balaban J connectivity index is 2.37. The van der Waals surface area contributed by atoms with Crippen molar-refractivity contribution in [2.24, 2.45) is 11.0 Å². The molecule has 3 nitrogen and oxygen atoms in total. The highest BCUT2D eigenvalue weighted by Crippen LogP contribution is 2.22. The van der Waals surface area contributed by atoms with Gasteiger partial charge in [0, 0.05) is 7.05 Å². The smallest absolute Gasteiger partial charge is 0.251 e. The first-order valence-electron chi connectivity index (χ1n) is 5.25. The molecule has 0 N–H and O–H groups in total. The number of hydrogen-bond donors (Lipinski definition) is 0. The molecule has 0 spiro atoms. The zero-order valence-corrected chi connectivity index (χ0v) is 9.27. The van der Waals surface area contributed by atoms with Crippen LogP contribution in [0.3, 0.4) is 0 Å². The summed E-state index contributed by atoms with van der Waals surface area (Å²) in [5, 5.41) is 5.55. The Hall–Kier alpha value is -1.71. The van der Waals surface area contributed by atoms with Crippen molar-refractivity contribution in [1.29, 1.82) is 0 Å². The number of hydrazone groups is 1. The van der Waals surface area contributed by atoms with Crippen LogP contribution in [0.2, 0.25) is 0 Å². The maximum absolute atomic E-state index is 12.8. The average molecular weight is 220 g/mol. The molecule has 0 saturated heterocycles. The number of amides is 1. The number of carbonyl (C=O) groups is 1. The molecule has 4 heteroatoms. The lowest BCUT2D eigenvalue weighted by atomic mass is 9.95. The van der Waals surface area contributed by atoms with E-state index in [2.05, 4.69) is 5.10 Å². The molecular formula is C12H13FN2O. The summed E-state index contributed by atoms with van der Waals surface area (Å²) in [5.41, 5.74) is 1.54. The van der Waals surface area contributed by atoms with Gasteiger partial charge in [-0.05, 0) is 24.1 Å². The fourth-order valence-electron chi connectivity index (χ4n) is 1.87. The first kappa shape index (κ1) is 10.8. The summed E-state index contributed by atoms with van der Waals surface area (Å²) in [6, 6.07) is 6.08. The summed E-state index contributed by atoms with van der Waals surface area (Å²) >= 11 is 0. The molecule has 0 aliphatic carbocycles. The second kappa shape index (κ2) is 4.04. The van der Waals surface area contributed by atoms with E-state index in [0.29, 0.717) is 6.42 Å². The van der Waals surface area contributed by atoms with Crippen LogP contribution in [0.1, 0.15) is 18.9 Å². The van der Waals surface area contributed by atoms with Crippen LogP contribution in [0.4, 0.5) is 4.39 Å². The number of hydrogen-bond acceptors (Lipinski definition) is 2. The Morgan fingerprint density at radius 1 is 1.38 bits per heavy atom. The zero-order chi connectivity index (χ0) is 11.7. The van der Waals surface area contributed by atoms with Crippen molar-refractivity contribution in [3.63, 3.8) is 0 Å². The number of benzene rings is 1. The van der Waals surface area contributed by atoms with E-state index in [1.54, 1.807) is 19.2 Å². The molecule has 16 heavy (non-hydrogen) atoms. The maximum Gasteiger partial charge on any atom is 0.251 e. The van der Waals surface area contributed by atoms with Crippen LogP contribution in [-0.2, 0) is 4.79 Å². The summed E-state index contributed by atoms with van der Waals surface area (Å²) < 4.78 is 12.8. The molecule has 0 aromatic heterocycles. The first-order valence-corrected chi connectivity index (χ1v) is 5.25. The third kappa shape index (κ3) is 1.71. The minimum Gasteiger partial charge on any atom is -0.272 e. The maximum atomic E-state index is 12.8. The lowest BCUT2D eigenvalue weighted by molar-refractivity contribution is -0.130. The van der Waals surface area contributed by atoms with E-state index in [-0.39, 0.29) is 17.6 Å². The van der Waals surface area contributed by atoms with E-state index in [9.17, 15) is 9.18 Å². The van der Waals surface area contributed by atoms with E-state index in [1.165, 1.54) is 17.1 Å². The van der Waals surface area contributed by atoms with Crippen molar-refractivity contribution >= 4 is 11.6 Å². The minimum absolute atomic E-state index is 0.00169. The van der Waals surface area contributed by atoms with Gasteiger partial charge >= 0.3 is 0 Å². The number of halogens is 1. The first-order chi connectivity index (χ1) is 7.63. The summed E-state index contributed by atoms with van der Waals surface area (Å²) in [7, 11) is 1.64. The van der Waals surface area contributed by atoms with E-state index in [0.717, 1.165) is 11.3 Å². The van der Waals surface area contributed by atoms with Gasteiger partial charge in [-0.2, -0.15) is 5.10 Å². The number of nitrogens with zero attached hydrogens (tertiary/aromatic N) is 2. The Bertz CT molecular complexity index is 439. The van der Waals surface area contributed by atoms with Crippen molar-refractivity contribution in [3.05, 3.63) is 35.6 Å². The van der Waals surface area contributed by atoms with E-state index < -0.39 is 0 Å². The molecule has 1 aromatic carbocycles. The zero-order valence-electron chi connectivity index (χ0n) is 9.27. The lowest BCUT2D eigenvalue weighted by Crippen LogP contribution is -2.24. The van der Waals surface area contributed by atoms with Crippen LogP contribution in [0.15, 0.2) is 29.4 Å². The largest absolute Gasteiger partial charge is 0.272 e. The van der Waals surface area contributed by atoms with Crippen LogP contribution in [0.5, 0.6) is 0 Å². The number of carbonyl (C=O) groups excluding carboxylic acids is 1. The molecule has 1 aliphatic heterocycles. The van der Waals surface area contributed by atoms with Crippen LogP contribution in [-0.4, -0.2) is 23.7 Å². The van der Waals surface area contributed by atoms with Gasteiger partial charge in [0.15, 0.2) is 0 Å². The highest BCUT2D eigenvalue weighted by Gasteiger charge is 2.32.